The van der Waals surface area contributed by atoms with Crippen molar-refractivity contribution < 1.29 is 43.5 Å². The van der Waals surface area contributed by atoms with Gasteiger partial charge < -0.3 is 33.5 Å². The van der Waals surface area contributed by atoms with Gasteiger partial charge in [0.05, 0.1) is 46.2 Å². The zero-order valence-electron chi connectivity index (χ0n) is 28.3. The first-order valence-corrected chi connectivity index (χ1v) is 17.0. The lowest BCUT2D eigenvalue weighted by Crippen LogP contribution is -2.22. The van der Waals surface area contributed by atoms with Crippen LogP contribution in [-0.2, 0) is 11.2 Å². The predicted octanol–water partition coefficient (Wildman–Crippen LogP) is 8.22. The molecule has 4 aromatic carbocycles. The molecule has 1 aliphatic heterocycles. The van der Waals surface area contributed by atoms with Gasteiger partial charge in [0, 0.05) is 27.9 Å². The molecule has 0 bridgehead atoms. The smallest absolute Gasteiger partial charge is 0.293 e. The van der Waals surface area contributed by atoms with Crippen LogP contribution in [0.1, 0.15) is 59.0 Å². The Kier molecular flexibility index (Phi) is 12.3. The number of amides is 1. The van der Waals surface area contributed by atoms with Gasteiger partial charge >= 0.3 is 0 Å². The number of aromatic hydroxyl groups is 1. The Hall–Kier alpha value is -4.73. The SMILES string of the molecule is COc1cc(C2CCC(c3cc(OC)c(OC)c(OC)c3)O2)cc(CC#CN(O)C(=O)c2ccccc2O)c1OC(C)Sc1ccc(Cl)cc1. The molecule has 5 rings (SSSR count). The Labute approximate surface area is 300 Å². The van der Waals surface area contributed by atoms with Crippen molar-refractivity contribution in [2.75, 3.05) is 28.4 Å². The zero-order valence-corrected chi connectivity index (χ0v) is 29.8. The van der Waals surface area contributed by atoms with Gasteiger partial charge in [-0.1, -0.05) is 41.4 Å². The number of hydrogen-bond acceptors (Lipinski definition) is 10. The number of ether oxygens (including phenoxy) is 6. The second kappa shape index (κ2) is 16.8. The quantitative estimate of drug-likeness (QED) is 0.0371. The maximum absolute atomic E-state index is 12.7. The fourth-order valence-electron chi connectivity index (χ4n) is 5.62. The maximum Gasteiger partial charge on any atom is 0.293 e. The summed E-state index contributed by atoms with van der Waals surface area (Å²) in [6.07, 6.45) is 1.02. The average molecular weight is 720 g/mol. The Morgan fingerprint density at radius 3 is 2.06 bits per heavy atom. The minimum Gasteiger partial charge on any atom is -0.507 e. The molecule has 2 N–H and O–H groups in total. The number of carbonyl (C=O) groups is 1. The molecule has 0 aliphatic carbocycles. The van der Waals surface area contributed by atoms with E-state index < -0.39 is 5.91 Å². The minimum atomic E-state index is -0.858. The fraction of sp³-hybridized carbons (Fsp3) is 0.289. The van der Waals surface area contributed by atoms with E-state index in [1.807, 2.05) is 55.5 Å². The molecule has 12 heteroatoms. The van der Waals surface area contributed by atoms with Gasteiger partial charge in [-0.3, -0.25) is 10.0 Å². The summed E-state index contributed by atoms with van der Waals surface area (Å²) in [5.74, 6) is 4.29. The van der Waals surface area contributed by atoms with E-state index >= 15 is 0 Å². The summed E-state index contributed by atoms with van der Waals surface area (Å²) in [4.78, 5) is 13.7. The number of nitrogens with zero attached hydrogens (tertiary/aromatic N) is 1. The average Bonchev–Trinajstić information content (AvgIpc) is 3.63. The molecule has 0 radical (unpaired) electrons. The summed E-state index contributed by atoms with van der Waals surface area (Å²) < 4.78 is 35.5. The van der Waals surface area contributed by atoms with Gasteiger partial charge in [0.2, 0.25) is 5.75 Å². The number of phenols is 1. The predicted molar refractivity (Wildman–Crippen MR) is 190 cm³/mol. The Morgan fingerprint density at radius 2 is 1.48 bits per heavy atom. The number of para-hydroxylation sites is 1. The minimum absolute atomic E-state index is 0.0786. The molecule has 1 amide bonds. The summed E-state index contributed by atoms with van der Waals surface area (Å²) >= 11 is 7.57. The molecule has 1 fully saturated rings. The Balaban J connectivity index is 1.44. The highest BCUT2D eigenvalue weighted by Gasteiger charge is 2.31. The van der Waals surface area contributed by atoms with E-state index in [1.165, 1.54) is 23.9 Å². The van der Waals surface area contributed by atoms with Gasteiger partial charge in [-0.15, -0.1) is 5.06 Å². The van der Waals surface area contributed by atoms with Crippen molar-refractivity contribution in [2.24, 2.45) is 0 Å². The third kappa shape index (κ3) is 8.52. The van der Waals surface area contributed by atoms with E-state index in [2.05, 4.69) is 12.0 Å². The fourth-order valence-corrected chi connectivity index (χ4v) is 6.57. The van der Waals surface area contributed by atoms with Gasteiger partial charge in [-0.2, -0.15) is 0 Å². The molecule has 3 atom stereocenters. The molecule has 0 aromatic heterocycles. The summed E-state index contributed by atoms with van der Waals surface area (Å²) in [6, 6.07) is 23.5. The molecule has 4 aromatic rings. The largest absolute Gasteiger partial charge is 0.507 e. The highest BCUT2D eigenvalue weighted by atomic mass is 35.5. The van der Waals surface area contributed by atoms with Crippen LogP contribution in [0, 0.1) is 12.0 Å². The van der Waals surface area contributed by atoms with Crippen LogP contribution in [0.4, 0.5) is 0 Å². The number of phenolic OH excluding ortho intramolecular Hbond substituents is 1. The first-order chi connectivity index (χ1) is 24.1. The topological polar surface area (TPSA) is 116 Å². The van der Waals surface area contributed by atoms with Gasteiger partial charge in [-0.05, 0) is 91.6 Å². The number of rotatable bonds is 12. The lowest BCUT2D eigenvalue weighted by molar-refractivity contribution is -0.0120. The summed E-state index contributed by atoms with van der Waals surface area (Å²) in [5.41, 5.74) is 1.99. The molecule has 1 saturated heterocycles. The first kappa shape index (κ1) is 36.5. The lowest BCUT2D eigenvalue weighted by atomic mass is 9.99. The van der Waals surface area contributed by atoms with Crippen LogP contribution in [0.5, 0.6) is 34.5 Å². The number of carbonyl (C=O) groups excluding carboxylic acids is 1. The number of halogens is 1. The van der Waals surface area contributed by atoms with Crippen LogP contribution in [-0.4, -0.2) is 55.2 Å². The van der Waals surface area contributed by atoms with Crippen molar-refractivity contribution in [3.8, 4) is 46.5 Å². The van der Waals surface area contributed by atoms with Gasteiger partial charge in [0.15, 0.2) is 23.0 Å². The molecule has 0 saturated carbocycles. The molecule has 10 nitrogen and oxygen atoms in total. The number of benzene rings is 4. The molecular weight excluding hydrogens is 682 g/mol. The van der Waals surface area contributed by atoms with Gasteiger partial charge in [-0.25, -0.2) is 0 Å². The van der Waals surface area contributed by atoms with E-state index in [0.717, 1.165) is 28.9 Å². The van der Waals surface area contributed by atoms with Crippen molar-refractivity contribution in [3.63, 3.8) is 0 Å². The van der Waals surface area contributed by atoms with Crippen LogP contribution < -0.4 is 23.7 Å². The third-order valence-corrected chi connectivity index (χ3v) is 9.24. The second-order valence-corrected chi connectivity index (χ2v) is 13.0. The maximum atomic E-state index is 12.7. The number of thioether (sulfide) groups is 1. The van der Waals surface area contributed by atoms with Crippen LogP contribution in [0.3, 0.4) is 0 Å². The Morgan fingerprint density at radius 1 is 0.900 bits per heavy atom. The van der Waals surface area contributed by atoms with Crippen LogP contribution >= 0.6 is 23.4 Å². The summed E-state index contributed by atoms with van der Waals surface area (Å²) in [6.45, 7) is 1.92. The van der Waals surface area contributed by atoms with E-state index in [1.54, 1.807) is 40.6 Å². The number of hydrogen-bond donors (Lipinski definition) is 2. The van der Waals surface area contributed by atoms with Gasteiger partial charge in [0.25, 0.3) is 5.91 Å². The standard InChI is InChI=1S/C38H38ClNO9S/c1-23(50-28-14-12-27(39)13-15-28)48-36-24(9-8-18-40(43)38(42)29-10-6-7-11-30(29)41)19-25(20-33(36)44-2)31-16-17-32(49-31)26-21-34(45-3)37(47-5)35(22-26)46-4/h6-7,10-15,19-23,31-32,41,43H,9,16-17H2,1-5H3. The van der Waals surface area contributed by atoms with E-state index in [-0.39, 0.29) is 40.4 Å². The normalized spacial score (nSPS) is 15.7. The van der Waals surface area contributed by atoms with E-state index in [0.29, 0.717) is 39.3 Å². The highest BCUT2D eigenvalue weighted by molar-refractivity contribution is 7.99. The molecule has 0 spiro atoms. The monoisotopic (exact) mass is 719 g/mol. The van der Waals surface area contributed by atoms with Gasteiger partial charge in [0.1, 0.15) is 11.2 Å². The van der Waals surface area contributed by atoms with E-state index in [4.69, 9.17) is 40.0 Å². The van der Waals surface area contributed by atoms with E-state index in [9.17, 15) is 15.1 Å². The summed E-state index contributed by atoms with van der Waals surface area (Å²) in [7, 11) is 6.27. The van der Waals surface area contributed by atoms with Crippen molar-refractivity contribution in [2.45, 2.75) is 48.7 Å². The molecule has 1 aliphatic rings. The molecule has 50 heavy (non-hydrogen) atoms. The first-order valence-electron chi connectivity index (χ1n) is 15.7. The number of hydroxylamine groups is 2. The lowest BCUT2D eigenvalue weighted by Gasteiger charge is -2.22. The van der Waals surface area contributed by atoms with Crippen molar-refractivity contribution in [3.05, 3.63) is 100 Å². The van der Waals surface area contributed by atoms with Crippen molar-refractivity contribution >= 4 is 29.3 Å². The van der Waals surface area contributed by atoms with Crippen LogP contribution in [0.2, 0.25) is 5.02 Å². The molecule has 3 unspecified atom stereocenters. The third-order valence-electron chi connectivity index (χ3n) is 8.01. The van der Waals surface area contributed by atoms with Crippen molar-refractivity contribution in [1.82, 2.24) is 5.06 Å². The molecule has 1 heterocycles. The van der Waals surface area contributed by atoms with Crippen LogP contribution in [0.25, 0.3) is 0 Å². The number of methoxy groups -OCH3 is 4. The zero-order chi connectivity index (χ0) is 35.8. The Bertz CT molecular complexity index is 1850. The van der Waals surface area contributed by atoms with Crippen molar-refractivity contribution in [1.29, 1.82) is 0 Å². The highest BCUT2D eigenvalue weighted by Crippen LogP contribution is 2.47. The molecular formula is C38H38ClNO9S. The molecule has 262 valence electrons. The second-order valence-electron chi connectivity index (χ2n) is 11.2. The summed E-state index contributed by atoms with van der Waals surface area (Å²) in [5, 5.41) is 21.4. The van der Waals surface area contributed by atoms with Crippen LogP contribution in [0.15, 0.2) is 77.7 Å².